The molecule has 0 aliphatic heterocycles. The second-order valence-electron chi connectivity index (χ2n) is 5.62. The van der Waals surface area contributed by atoms with Crippen LogP contribution in [0.4, 0.5) is 4.39 Å². The molecule has 0 bridgehead atoms. The Hall–Kier alpha value is -3.02. The standard InChI is InChI=1S/C19H17FN2O3/c1-2-3-11-22-18(23)16-10-5-4-9-15(16)17(21-22)19(24)25-14-8-6-7-13(20)12-14/h4-10,12H,2-3,11H2,1H3. The minimum Gasteiger partial charge on any atom is -0.422 e. The Bertz CT molecular complexity index is 982. The molecular formula is C19H17FN2O3. The number of halogens is 1. The van der Waals surface area contributed by atoms with Gasteiger partial charge in [-0.1, -0.05) is 37.6 Å². The Labute approximate surface area is 143 Å². The van der Waals surface area contributed by atoms with Crippen LogP contribution < -0.4 is 10.3 Å². The van der Waals surface area contributed by atoms with E-state index in [-0.39, 0.29) is 17.0 Å². The first-order valence-electron chi connectivity index (χ1n) is 8.07. The summed E-state index contributed by atoms with van der Waals surface area (Å²) in [5, 5.41) is 5.01. The number of ether oxygens (including phenoxy) is 1. The van der Waals surface area contributed by atoms with Crippen LogP contribution in [0.1, 0.15) is 30.3 Å². The van der Waals surface area contributed by atoms with Crippen molar-refractivity contribution >= 4 is 16.7 Å². The highest BCUT2D eigenvalue weighted by Crippen LogP contribution is 2.18. The average Bonchev–Trinajstić information content (AvgIpc) is 2.61. The number of rotatable bonds is 5. The minimum absolute atomic E-state index is 0.0376. The van der Waals surface area contributed by atoms with Gasteiger partial charge in [0.25, 0.3) is 5.56 Å². The molecule has 5 nitrogen and oxygen atoms in total. The third-order valence-electron chi connectivity index (χ3n) is 3.79. The third kappa shape index (κ3) is 3.57. The zero-order valence-corrected chi connectivity index (χ0v) is 13.7. The summed E-state index contributed by atoms with van der Waals surface area (Å²) in [6.07, 6.45) is 1.66. The van der Waals surface area contributed by atoms with E-state index in [2.05, 4.69) is 5.10 Å². The van der Waals surface area contributed by atoms with Crippen molar-refractivity contribution in [2.75, 3.05) is 0 Å². The second kappa shape index (κ2) is 7.25. The molecular weight excluding hydrogens is 323 g/mol. The number of carbonyl (C=O) groups excluding carboxylic acids is 1. The van der Waals surface area contributed by atoms with Gasteiger partial charge in [-0.05, 0) is 24.6 Å². The summed E-state index contributed by atoms with van der Waals surface area (Å²) >= 11 is 0. The van der Waals surface area contributed by atoms with E-state index in [1.165, 1.54) is 22.9 Å². The van der Waals surface area contributed by atoms with Crippen LogP contribution >= 0.6 is 0 Å². The molecule has 1 aromatic heterocycles. The first-order valence-corrected chi connectivity index (χ1v) is 8.07. The molecule has 0 unspecified atom stereocenters. The van der Waals surface area contributed by atoms with Crippen LogP contribution in [0.2, 0.25) is 0 Å². The minimum atomic E-state index is -0.730. The monoisotopic (exact) mass is 340 g/mol. The smallest absolute Gasteiger partial charge is 0.364 e. The molecule has 0 amide bonds. The lowest BCUT2D eigenvalue weighted by Crippen LogP contribution is -2.27. The van der Waals surface area contributed by atoms with E-state index in [1.54, 1.807) is 24.3 Å². The molecule has 0 N–H and O–H groups in total. The van der Waals surface area contributed by atoms with E-state index < -0.39 is 11.8 Å². The number of carbonyl (C=O) groups is 1. The largest absolute Gasteiger partial charge is 0.422 e. The van der Waals surface area contributed by atoms with E-state index in [0.29, 0.717) is 17.3 Å². The van der Waals surface area contributed by atoms with Gasteiger partial charge in [0.15, 0.2) is 5.69 Å². The molecule has 0 fully saturated rings. The van der Waals surface area contributed by atoms with Gasteiger partial charge in [0, 0.05) is 18.0 Å². The van der Waals surface area contributed by atoms with E-state index in [1.807, 2.05) is 6.92 Å². The quantitative estimate of drug-likeness (QED) is 0.526. The van der Waals surface area contributed by atoms with Gasteiger partial charge in [0.2, 0.25) is 0 Å². The Morgan fingerprint density at radius 3 is 2.64 bits per heavy atom. The third-order valence-corrected chi connectivity index (χ3v) is 3.79. The highest BCUT2D eigenvalue weighted by atomic mass is 19.1. The van der Waals surface area contributed by atoms with E-state index in [9.17, 15) is 14.0 Å². The summed E-state index contributed by atoms with van der Waals surface area (Å²) in [6.45, 7) is 2.42. The van der Waals surface area contributed by atoms with Crippen LogP contribution in [0.5, 0.6) is 5.75 Å². The Morgan fingerprint density at radius 2 is 1.92 bits per heavy atom. The number of hydrogen-bond donors (Lipinski definition) is 0. The van der Waals surface area contributed by atoms with Crippen LogP contribution in [0.15, 0.2) is 53.3 Å². The molecule has 0 saturated carbocycles. The number of benzene rings is 2. The SMILES string of the molecule is CCCCn1nc(C(=O)Oc2cccc(F)c2)c2ccccc2c1=O. The predicted octanol–water partition coefficient (Wildman–Crippen LogP) is 3.55. The fraction of sp³-hybridized carbons (Fsp3) is 0.211. The molecule has 1 heterocycles. The fourth-order valence-electron chi connectivity index (χ4n) is 2.53. The van der Waals surface area contributed by atoms with Gasteiger partial charge in [-0.25, -0.2) is 13.9 Å². The van der Waals surface area contributed by atoms with Gasteiger partial charge in [-0.3, -0.25) is 4.79 Å². The molecule has 0 aliphatic carbocycles. The summed E-state index contributed by atoms with van der Waals surface area (Å²) in [5.74, 6) is -1.15. The van der Waals surface area contributed by atoms with Gasteiger partial charge >= 0.3 is 5.97 Å². The lowest BCUT2D eigenvalue weighted by Gasteiger charge is -2.10. The zero-order valence-electron chi connectivity index (χ0n) is 13.7. The zero-order chi connectivity index (χ0) is 17.8. The lowest BCUT2D eigenvalue weighted by atomic mass is 10.1. The van der Waals surface area contributed by atoms with Crippen LogP contribution in [0.25, 0.3) is 10.8 Å². The average molecular weight is 340 g/mol. The molecule has 0 spiro atoms. The summed E-state index contributed by atoms with van der Waals surface area (Å²) in [7, 11) is 0. The van der Waals surface area contributed by atoms with Gasteiger partial charge in [0.1, 0.15) is 11.6 Å². The van der Waals surface area contributed by atoms with Crippen molar-refractivity contribution in [3.8, 4) is 5.75 Å². The number of fused-ring (bicyclic) bond motifs is 1. The summed E-state index contributed by atoms with van der Waals surface area (Å²) in [5.41, 5.74) is -0.207. The van der Waals surface area contributed by atoms with Crippen molar-refractivity contribution in [3.05, 3.63) is 70.4 Å². The van der Waals surface area contributed by atoms with Crippen LogP contribution in [-0.2, 0) is 6.54 Å². The van der Waals surface area contributed by atoms with Gasteiger partial charge < -0.3 is 4.74 Å². The molecule has 25 heavy (non-hydrogen) atoms. The summed E-state index contributed by atoms with van der Waals surface area (Å²) in [6, 6.07) is 12.1. The maximum Gasteiger partial charge on any atom is 0.364 e. The molecule has 0 aliphatic rings. The van der Waals surface area contributed by atoms with Gasteiger partial charge in [-0.2, -0.15) is 5.10 Å². The van der Waals surface area contributed by atoms with Crippen LogP contribution in [-0.4, -0.2) is 15.7 Å². The maximum absolute atomic E-state index is 13.3. The van der Waals surface area contributed by atoms with E-state index in [0.717, 1.165) is 18.9 Å². The van der Waals surface area contributed by atoms with Crippen molar-refractivity contribution < 1.29 is 13.9 Å². The molecule has 3 rings (SSSR count). The highest BCUT2D eigenvalue weighted by Gasteiger charge is 2.18. The molecule has 0 saturated heterocycles. The normalized spacial score (nSPS) is 10.8. The van der Waals surface area contributed by atoms with Gasteiger partial charge in [-0.15, -0.1) is 0 Å². The first-order chi connectivity index (χ1) is 12.1. The number of nitrogens with zero attached hydrogens (tertiary/aromatic N) is 2. The highest BCUT2D eigenvalue weighted by molar-refractivity contribution is 6.02. The van der Waals surface area contributed by atoms with Crippen molar-refractivity contribution in [1.82, 2.24) is 9.78 Å². The molecule has 2 aromatic carbocycles. The first kappa shape index (κ1) is 16.8. The Balaban J connectivity index is 2.06. The fourth-order valence-corrected chi connectivity index (χ4v) is 2.53. The van der Waals surface area contributed by atoms with Crippen molar-refractivity contribution in [2.45, 2.75) is 26.3 Å². The van der Waals surface area contributed by atoms with Crippen molar-refractivity contribution in [1.29, 1.82) is 0 Å². The topological polar surface area (TPSA) is 61.2 Å². The van der Waals surface area contributed by atoms with Crippen molar-refractivity contribution in [3.63, 3.8) is 0 Å². The number of aryl methyl sites for hydroxylation is 1. The van der Waals surface area contributed by atoms with Crippen molar-refractivity contribution in [2.24, 2.45) is 0 Å². The van der Waals surface area contributed by atoms with Gasteiger partial charge in [0.05, 0.1) is 5.39 Å². The number of hydrogen-bond acceptors (Lipinski definition) is 4. The molecule has 6 heteroatoms. The maximum atomic E-state index is 13.3. The van der Waals surface area contributed by atoms with Crippen LogP contribution in [0, 0.1) is 5.82 Å². The predicted molar refractivity (Wildman–Crippen MR) is 92.3 cm³/mol. The number of esters is 1. The number of aromatic nitrogens is 2. The Kier molecular flexibility index (Phi) is 4.88. The second-order valence-corrected chi connectivity index (χ2v) is 5.62. The van der Waals surface area contributed by atoms with E-state index in [4.69, 9.17) is 4.74 Å². The summed E-state index contributed by atoms with van der Waals surface area (Å²) < 4.78 is 19.8. The molecule has 0 atom stereocenters. The summed E-state index contributed by atoms with van der Waals surface area (Å²) in [4.78, 5) is 25.1. The van der Waals surface area contributed by atoms with Crippen LogP contribution in [0.3, 0.4) is 0 Å². The number of unbranched alkanes of at least 4 members (excludes halogenated alkanes) is 1. The Morgan fingerprint density at radius 1 is 1.16 bits per heavy atom. The molecule has 128 valence electrons. The van der Waals surface area contributed by atoms with E-state index >= 15 is 0 Å². The molecule has 3 aromatic rings. The molecule has 0 radical (unpaired) electrons. The lowest BCUT2D eigenvalue weighted by molar-refractivity contribution is 0.0727.